The van der Waals surface area contributed by atoms with Gasteiger partial charge >= 0.3 is 0 Å². The summed E-state index contributed by atoms with van der Waals surface area (Å²) in [7, 11) is 1.65. The average molecular weight is 317 g/mol. The summed E-state index contributed by atoms with van der Waals surface area (Å²) in [4.78, 5) is 4.63. The van der Waals surface area contributed by atoms with Gasteiger partial charge in [0.2, 0.25) is 0 Å². The third-order valence-corrected chi connectivity index (χ3v) is 3.85. The highest BCUT2D eigenvalue weighted by molar-refractivity contribution is 6.30. The van der Waals surface area contributed by atoms with Crippen molar-refractivity contribution in [3.63, 3.8) is 0 Å². The Balaban J connectivity index is 2.03. The molecule has 0 aliphatic heterocycles. The van der Waals surface area contributed by atoms with Gasteiger partial charge in [-0.05, 0) is 36.8 Å². The standard InChI is InChI=1S/C17H17ClN2O2/c1-11(21)17-15(9-12-3-6-14(22-2)7-4-12)19-16-8-5-13(18)10-20(16)17/h3-8,10-11,21H,9H2,1-2H3. The Labute approximate surface area is 133 Å². The lowest BCUT2D eigenvalue weighted by Gasteiger charge is -2.08. The summed E-state index contributed by atoms with van der Waals surface area (Å²) in [5.74, 6) is 0.821. The topological polar surface area (TPSA) is 46.8 Å². The molecule has 1 unspecified atom stereocenters. The SMILES string of the molecule is COc1ccc(Cc2nc3ccc(Cl)cn3c2C(C)O)cc1. The number of hydrogen-bond donors (Lipinski definition) is 1. The molecule has 1 aromatic carbocycles. The van der Waals surface area contributed by atoms with E-state index in [0.29, 0.717) is 11.4 Å². The Morgan fingerprint density at radius 2 is 1.95 bits per heavy atom. The van der Waals surface area contributed by atoms with E-state index in [1.807, 2.05) is 34.7 Å². The lowest BCUT2D eigenvalue weighted by molar-refractivity contribution is 0.192. The van der Waals surface area contributed by atoms with Crippen molar-refractivity contribution < 1.29 is 9.84 Å². The van der Waals surface area contributed by atoms with Crippen molar-refractivity contribution in [2.75, 3.05) is 7.11 Å². The minimum Gasteiger partial charge on any atom is -0.497 e. The first-order chi connectivity index (χ1) is 10.6. The van der Waals surface area contributed by atoms with Crippen molar-refractivity contribution in [1.82, 2.24) is 9.38 Å². The normalized spacial score (nSPS) is 12.5. The molecule has 0 bridgehead atoms. The van der Waals surface area contributed by atoms with Crippen LogP contribution in [0.15, 0.2) is 42.6 Å². The summed E-state index contributed by atoms with van der Waals surface area (Å²) in [6.07, 6.45) is 1.80. The van der Waals surface area contributed by atoms with Gasteiger partial charge < -0.3 is 9.84 Å². The monoisotopic (exact) mass is 316 g/mol. The van der Waals surface area contributed by atoms with Crippen LogP contribution in [0.2, 0.25) is 5.02 Å². The van der Waals surface area contributed by atoms with E-state index in [0.717, 1.165) is 28.3 Å². The van der Waals surface area contributed by atoms with Crippen molar-refractivity contribution in [3.05, 3.63) is 64.6 Å². The first-order valence-corrected chi connectivity index (χ1v) is 7.43. The van der Waals surface area contributed by atoms with E-state index in [4.69, 9.17) is 16.3 Å². The maximum absolute atomic E-state index is 10.1. The Kier molecular flexibility index (Phi) is 4.05. The molecule has 3 rings (SSSR count). The van der Waals surface area contributed by atoms with Crippen molar-refractivity contribution in [2.45, 2.75) is 19.4 Å². The maximum atomic E-state index is 10.1. The second-order valence-electron chi connectivity index (χ2n) is 5.22. The number of imidazole rings is 1. The Morgan fingerprint density at radius 1 is 1.23 bits per heavy atom. The molecule has 1 N–H and O–H groups in total. The summed E-state index contributed by atoms with van der Waals surface area (Å²) < 4.78 is 7.02. The van der Waals surface area contributed by atoms with Crippen molar-refractivity contribution in [1.29, 1.82) is 0 Å². The molecular weight excluding hydrogens is 300 g/mol. The van der Waals surface area contributed by atoms with E-state index >= 15 is 0 Å². The van der Waals surface area contributed by atoms with Gasteiger partial charge in [-0.25, -0.2) is 4.98 Å². The van der Waals surface area contributed by atoms with Gasteiger partial charge in [-0.1, -0.05) is 23.7 Å². The number of aliphatic hydroxyl groups is 1. The number of ether oxygens (including phenoxy) is 1. The van der Waals surface area contributed by atoms with Gasteiger partial charge in [0, 0.05) is 12.6 Å². The van der Waals surface area contributed by atoms with E-state index in [-0.39, 0.29) is 0 Å². The molecule has 0 radical (unpaired) electrons. The number of hydrogen-bond acceptors (Lipinski definition) is 3. The van der Waals surface area contributed by atoms with Crippen LogP contribution in [0.5, 0.6) is 5.75 Å². The zero-order valence-corrected chi connectivity index (χ0v) is 13.2. The molecule has 114 valence electrons. The lowest BCUT2D eigenvalue weighted by Crippen LogP contribution is -2.02. The molecule has 3 aromatic rings. The van der Waals surface area contributed by atoms with Crippen LogP contribution in [0.4, 0.5) is 0 Å². The van der Waals surface area contributed by atoms with Crippen LogP contribution in [0.25, 0.3) is 5.65 Å². The molecule has 2 aromatic heterocycles. The molecule has 5 heteroatoms. The van der Waals surface area contributed by atoms with Crippen LogP contribution >= 0.6 is 11.6 Å². The number of aliphatic hydroxyl groups excluding tert-OH is 1. The molecule has 0 amide bonds. The quantitative estimate of drug-likeness (QED) is 0.799. The van der Waals surface area contributed by atoms with Crippen LogP contribution in [0.3, 0.4) is 0 Å². The van der Waals surface area contributed by atoms with E-state index in [1.54, 1.807) is 26.3 Å². The number of rotatable bonds is 4. The predicted molar refractivity (Wildman–Crippen MR) is 86.6 cm³/mol. The number of fused-ring (bicyclic) bond motifs is 1. The van der Waals surface area contributed by atoms with Gasteiger partial charge in [0.1, 0.15) is 11.4 Å². The predicted octanol–water partition coefficient (Wildman–Crippen LogP) is 3.64. The van der Waals surface area contributed by atoms with E-state index in [9.17, 15) is 5.11 Å². The molecule has 0 aliphatic rings. The third kappa shape index (κ3) is 2.80. The summed E-state index contributed by atoms with van der Waals surface area (Å²) in [5, 5.41) is 10.7. The van der Waals surface area contributed by atoms with Gasteiger partial charge in [0.25, 0.3) is 0 Å². The van der Waals surface area contributed by atoms with Crippen molar-refractivity contribution in [3.8, 4) is 5.75 Å². The second kappa shape index (κ2) is 5.99. The fraction of sp³-hybridized carbons (Fsp3) is 0.235. The lowest BCUT2D eigenvalue weighted by atomic mass is 10.1. The van der Waals surface area contributed by atoms with E-state index in [1.165, 1.54) is 0 Å². The number of benzene rings is 1. The molecule has 2 heterocycles. The van der Waals surface area contributed by atoms with Gasteiger partial charge in [-0.3, -0.25) is 4.40 Å². The smallest absolute Gasteiger partial charge is 0.137 e. The fourth-order valence-electron chi connectivity index (χ4n) is 2.59. The van der Waals surface area contributed by atoms with Gasteiger partial charge in [-0.15, -0.1) is 0 Å². The number of pyridine rings is 1. The second-order valence-corrected chi connectivity index (χ2v) is 5.66. The highest BCUT2D eigenvalue weighted by Gasteiger charge is 2.17. The minimum absolute atomic E-state index is 0.614. The maximum Gasteiger partial charge on any atom is 0.137 e. The van der Waals surface area contributed by atoms with E-state index in [2.05, 4.69) is 4.98 Å². The third-order valence-electron chi connectivity index (χ3n) is 3.62. The minimum atomic E-state index is -0.623. The number of nitrogens with zero attached hydrogens (tertiary/aromatic N) is 2. The zero-order valence-electron chi connectivity index (χ0n) is 12.5. The molecule has 1 atom stereocenters. The molecular formula is C17H17ClN2O2. The molecule has 22 heavy (non-hydrogen) atoms. The molecule has 0 spiro atoms. The summed E-state index contributed by atoms with van der Waals surface area (Å²) in [5.41, 5.74) is 3.51. The Bertz CT molecular complexity index is 794. The highest BCUT2D eigenvalue weighted by Crippen LogP contribution is 2.24. The fourth-order valence-corrected chi connectivity index (χ4v) is 2.76. The number of halogens is 1. The summed E-state index contributed by atoms with van der Waals surface area (Å²) >= 11 is 6.05. The zero-order chi connectivity index (χ0) is 15.7. The Hall–Kier alpha value is -2.04. The number of methoxy groups -OCH3 is 1. The molecule has 4 nitrogen and oxygen atoms in total. The largest absolute Gasteiger partial charge is 0.497 e. The van der Waals surface area contributed by atoms with Gasteiger partial charge in [-0.2, -0.15) is 0 Å². The van der Waals surface area contributed by atoms with Crippen LogP contribution in [-0.4, -0.2) is 21.6 Å². The first-order valence-electron chi connectivity index (χ1n) is 7.06. The van der Waals surface area contributed by atoms with Crippen LogP contribution in [-0.2, 0) is 6.42 Å². The summed E-state index contributed by atoms with van der Waals surface area (Å²) in [6, 6.07) is 11.5. The molecule has 0 aliphatic carbocycles. The van der Waals surface area contributed by atoms with Gasteiger partial charge in [0.05, 0.1) is 29.6 Å². The molecule has 0 saturated carbocycles. The van der Waals surface area contributed by atoms with Crippen LogP contribution < -0.4 is 4.74 Å². The van der Waals surface area contributed by atoms with Crippen LogP contribution in [0, 0.1) is 0 Å². The highest BCUT2D eigenvalue weighted by atomic mass is 35.5. The Morgan fingerprint density at radius 3 is 2.59 bits per heavy atom. The van der Waals surface area contributed by atoms with E-state index < -0.39 is 6.10 Å². The average Bonchev–Trinajstić information content (AvgIpc) is 2.85. The van der Waals surface area contributed by atoms with Gasteiger partial charge in [0.15, 0.2) is 0 Å². The van der Waals surface area contributed by atoms with Crippen molar-refractivity contribution in [2.24, 2.45) is 0 Å². The first kappa shape index (κ1) is 14.9. The molecule has 0 fully saturated rings. The summed E-state index contributed by atoms with van der Waals surface area (Å²) in [6.45, 7) is 1.74. The number of aromatic nitrogens is 2. The molecule has 0 saturated heterocycles. The van der Waals surface area contributed by atoms with Crippen molar-refractivity contribution >= 4 is 17.2 Å². The van der Waals surface area contributed by atoms with Crippen LogP contribution in [0.1, 0.15) is 30.0 Å².